The lowest BCUT2D eigenvalue weighted by atomic mass is 9.73. The van der Waals surface area contributed by atoms with E-state index in [1.165, 1.54) is 5.56 Å². The number of ether oxygens (including phenoxy) is 1. The van der Waals surface area contributed by atoms with E-state index in [1.54, 1.807) is 7.11 Å². The average molecular weight is 360 g/mol. The highest BCUT2D eigenvalue weighted by Gasteiger charge is 2.51. The first-order valence-electron chi connectivity index (χ1n) is 9.36. The first kappa shape index (κ1) is 21.5. The average Bonchev–Trinajstić information content (AvgIpc) is 2.73. The normalized spacial score (nSPS) is 19.7. The number of methoxy groups -OCH3 is 1. The molecule has 4 nitrogen and oxygen atoms in total. The Hall–Kier alpha value is -0.810. The van der Waals surface area contributed by atoms with Gasteiger partial charge >= 0.3 is 14.6 Å². The van der Waals surface area contributed by atoms with Crippen LogP contribution < -0.4 is 10.9 Å². The minimum absolute atomic E-state index is 0.345. The number of rotatable bonds is 6. The van der Waals surface area contributed by atoms with Crippen molar-refractivity contribution in [3.8, 4) is 0 Å². The molecule has 0 aromatic heterocycles. The quantitative estimate of drug-likeness (QED) is 0.731. The van der Waals surface area contributed by atoms with E-state index in [0.29, 0.717) is 7.48 Å². The summed E-state index contributed by atoms with van der Waals surface area (Å²) >= 11 is 0. The molecule has 0 spiro atoms. The van der Waals surface area contributed by atoms with E-state index in [9.17, 15) is 0 Å². The summed E-state index contributed by atoms with van der Waals surface area (Å²) in [4.78, 5) is 0. The van der Waals surface area contributed by atoms with Crippen molar-refractivity contribution in [2.45, 2.75) is 84.7 Å². The molecule has 0 unspecified atom stereocenters. The van der Waals surface area contributed by atoms with Gasteiger partial charge in [0.15, 0.2) is 0 Å². The second-order valence-electron chi connectivity index (χ2n) is 9.35. The highest BCUT2D eigenvalue weighted by atomic mass is 16.7. The molecule has 1 heterocycles. The van der Waals surface area contributed by atoms with Crippen molar-refractivity contribution in [1.82, 2.24) is 0 Å². The molecule has 0 bridgehead atoms. The van der Waals surface area contributed by atoms with E-state index in [4.69, 9.17) is 18.7 Å². The summed E-state index contributed by atoms with van der Waals surface area (Å²) in [6.07, 6.45) is 0. The molecule has 1 fully saturated rings. The Labute approximate surface area is 160 Å². The van der Waals surface area contributed by atoms with Gasteiger partial charge in [0, 0.05) is 7.11 Å². The zero-order chi connectivity index (χ0) is 20.0. The lowest BCUT2D eigenvalue weighted by molar-refractivity contribution is -0.114. The third-order valence-corrected chi connectivity index (χ3v) is 6.24. The lowest BCUT2D eigenvalue weighted by Gasteiger charge is -2.40. The van der Waals surface area contributed by atoms with E-state index in [0.717, 1.165) is 10.9 Å². The van der Waals surface area contributed by atoms with Crippen molar-refractivity contribution in [2.75, 3.05) is 7.11 Å². The van der Waals surface area contributed by atoms with Crippen LogP contribution in [0.2, 0.25) is 0 Å². The van der Waals surface area contributed by atoms with E-state index in [2.05, 4.69) is 66.7 Å². The number of aryl methyl sites for hydroxylation is 1. The van der Waals surface area contributed by atoms with Gasteiger partial charge < -0.3 is 18.7 Å². The van der Waals surface area contributed by atoms with Gasteiger partial charge in [0.25, 0.3) is 0 Å². The molecule has 2 rings (SSSR count). The van der Waals surface area contributed by atoms with Crippen LogP contribution in [0.1, 0.15) is 61.0 Å². The third kappa shape index (κ3) is 4.19. The van der Waals surface area contributed by atoms with Gasteiger partial charge in [0.05, 0.1) is 22.4 Å². The van der Waals surface area contributed by atoms with Crippen LogP contribution in [0.15, 0.2) is 18.2 Å². The van der Waals surface area contributed by atoms with Gasteiger partial charge in [-0.05, 0) is 67.8 Å². The Morgan fingerprint density at radius 1 is 0.923 bits per heavy atom. The van der Waals surface area contributed by atoms with E-state index in [-0.39, 0.29) is 23.9 Å². The smallest absolute Gasteiger partial charge is 0.427 e. The fourth-order valence-electron chi connectivity index (χ4n) is 2.78. The summed E-state index contributed by atoms with van der Waals surface area (Å²) < 4.78 is 24.2. The second kappa shape index (κ2) is 6.97. The highest BCUT2D eigenvalue weighted by molar-refractivity contribution is 6.63. The highest BCUT2D eigenvalue weighted by Crippen LogP contribution is 2.36. The van der Waals surface area contributed by atoms with Gasteiger partial charge in [-0.3, -0.25) is 0 Å². The second-order valence-corrected chi connectivity index (χ2v) is 9.35. The molecule has 1 aromatic carbocycles. The predicted octanol–water partition coefficient (Wildman–Crippen LogP) is 2.49. The molecule has 0 aliphatic carbocycles. The molecule has 26 heavy (non-hydrogen) atoms. The van der Waals surface area contributed by atoms with Gasteiger partial charge in [0.2, 0.25) is 0 Å². The summed E-state index contributed by atoms with van der Waals surface area (Å²) in [5.41, 5.74) is 1.81. The largest absolute Gasteiger partial charge is 0.494 e. The molecule has 0 N–H and O–H groups in total. The van der Waals surface area contributed by atoms with E-state index < -0.39 is 5.60 Å². The molecule has 1 saturated heterocycles. The molecule has 1 aromatic rings. The Morgan fingerprint density at radius 3 is 1.96 bits per heavy atom. The van der Waals surface area contributed by atoms with Gasteiger partial charge in [-0.25, -0.2) is 0 Å². The minimum Gasteiger partial charge on any atom is -0.427 e. The molecular formula is C20H34B2O4. The van der Waals surface area contributed by atoms with Crippen LogP contribution in [-0.4, -0.2) is 44.1 Å². The molecule has 1 aliphatic heterocycles. The van der Waals surface area contributed by atoms with Crippen LogP contribution >= 0.6 is 0 Å². The molecule has 0 atom stereocenters. The molecule has 0 radical (unpaired) electrons. The zero-order valence-electron chi connectivity index (χ0n) is 18.1. The van der Waals surface area contributed by atoms with Crippen molar-refractivity contribution in [3.05, 3.63) is 23.8 Å². The number of benzene rings is 1. The van der Waals surface area contributed by atoms with Crippen LogP contribution in [0.4, 0.5) is 0 Å². The Morgan fingerprint density at radius 2 is 1.46 bits per heavy atom. The maximum atomic E-state index is 6.22. The molecule has 144 valence electrons. The molecule has 6 heteroatoms. The van der Waals surface area contributed by atoms with Crippen molar-refractivity contribution >= 4 is 25.5 Å². The van der Waals surface area contributed by atoms with Crippen LogP contribution in [0.3, 0.4) is 0 Å². The van der Waals surface area contributed by atoms with Gasteiger partial charge in [0.1, 0.15) is 0 Å². The maximum Gasteiger partial charge on any atom is 0.494 e. The summed E-state index contributed by atoms with van der Waals surface area (Å²) in [5, 5.41) is 0. The van der Waals surface area contributed by atoms with Crippen LogP contribution in [0, 0.1) is 6.92 Å². The predicted molar refractivity (Wildman–Crippen MR) is 110 cm³/mol. The maximum absolute atomic E-state index is 6.22. The Balaban J connectivity index is 2.19. The first-order valence-corrected chi connectivity index (χ1v) is 9.36. The minimum atomic E-state index is -0.421. The third-order valence-electron chi connectivity index (χ3n) is 6.24. The van der Waals surface area contributed by atoms with Gasteiger partial charge in [-0.2, -0.15) is 0 Å². The monoisotopic (exact) mass is 360 g/mol. The number of hydrogen-bond donors (Lipinski definition) is 0. The summed E-state index contributed by atoms with van der Waals surface area (Å²) in [6.45, 7) is 18.6. The lowest BCUT2D eigenvalue weighted by Crippen LogP contribution is -2.50. The van der Waals surface area contributed by atoms with Crippen molar-refractivity contribution in [2.24, 2.45) is 0 Å². The molecule has 1 aliphatic rings. The fourth-order valence-corrected chi connectivity index (χ4v) is 2.78. The Kier molecular flexibility index (Phi) is 5.76. The zero-order valence-corrected chi connectivity index (χ0v) is 18.1. The van der Waals surface area contributed by atoms with Crippen molar-refractivity contribution in [1.29, 1.82) is 0 Å². The number of hydrogen-bond acceptors (Lipinski definition) is 4. The van der Waals surface area contributed by atoms with E-state index >= 15 is 0 Å². The molecular weight excluding hydrogens is 326 g/mol. The molecule has 0 amide bonds. The van der Waals surface area contributed by atoms with Crippen LogP contribution in [0.5, 0.6) is 0 Å². The Bertz CT molecular complexity index is 637. The SMILES string of the molecule is COC(C)(C)C(C)(C)OBc1cc(C)cc(B2OC(C)(C)C(C)(C)O2)c1. The first-order chi connectivity index (χ1) is 11.7. The van der Waals surface area contributed by atoms with Crippen LogP contribution in [-0.2, 0) is 18.7 Å². The van der Waals surface area contributed by atoms with Gasteiger partial charge in [-0.15, -0.1) is 0 Å². The van der Waals surface area contributed by atoms with Gasteiger partial charge in [-0.1, -0.05) is 29.2 Å². The summed E-state index contributed by atoms with van der Waals surface area (Å²) in [6, 6.07) is 6.38. The van der Waals surface area contributed by atoms with Crippen LogP contribution in [0.25, 0.3) is 0 Å². The standard InChI is InChI=1S/C20H34B2O4/c1-14-11-15(21-24-18(4,5)17(2,3)23-10)13-16(12-14)22-25-19(6,7)20(8,9)26-22/h11-13,21H,1-10H3. The van der Waals surface area contributed by atoms with Crippen molar-refractivity contribution < 1.29 is 18.7 Å². The van der Waals surface area contributed by atoms with Crippen molar-refractivity contribution in [3.63, 3.8) is 0 Å². The molecule has 0 saturated carbocycles. The fraction of sp³-hybridized carbons (Fsp3) is 0.700. The summed E-state index contributed by atoms with van der Waals surface area (Å²) in [5.74, 6) is 0. The summed E-state index contributed by atoms with van der Waals surface area (Å²) in [7, 11) is 1.87. The topological polar surface area (TPSA) is 36.9 Å². The van der Waals surface area contributed by atoms with E-state index in [1.807, 2.05) is 13.8 Å².